The van der Waals surface area contributed by atoms with Crippen molar-refractivity contribution >= 4 is 23.3 Å². The zero-order valence-electron chi connectivity index (χ0n) is 19.2. The number of anilines is 2. The standard InChI is InChI=1S/C27H23F3N4OS/c28-27(29,30)21-5-1-4-8-24(21)36-18-33-26-25(31-13-14-32-26)20-11-9-19(10-12-20)17-34-15-16-35-23-7-3-2-6-22(23)34/h1-14H,15-18H2,(H,32,33). The van der Waals surface area contributed by atoms with Gasteiger partial charge in [-0.2, -0.15) is 13.2 Å². The van der Waals surface area contributed by atoms with Gasteiger partial charge in [-0.25, -0.2) is 4.98 Å². The summed E-state index contributed by atoms with van der Waals surface area (Å²) in [6, 6.07) is 21.7. The number of hydrogen-bond donors (Lipinski definition) is 1. The second-order valence-corrected chi connectivity index (χ2v) is 9.16. The van der Waals surface area contributed by atoms with E-state index >= 15 is 0 Å². The summed E-state index contributed by atoms with van der Waals surface area (Å²) in [5.41, 5.74) is 3.10. The Hall–Kier alpha value is -3.72. The van der Waals surface area contributed by atoms with E-state index in [1.807, 2.05) is 30.3 Å². The average Bonchev–Trinajstić information content (AvgIpc) is 2.89. The van der Waals surface area contributed by atoms with Gasteiger partial charge in [0.25, 0.3) is 0 Å². The van der Waals surface area contributed by atoms with Gasteiger partial charge in [-0.3, -0.25) is 4.98 Å². The van der Waals surface area contributed by atoms with Crippen LogP contribution < -0.4 is 15.0 Å². The van der Waals surface area contributed by atoms with E-state index in [0.717, 1.165) is 53.5 Å². The van der Waals surface area contributed by atoms with Crippen molar-refractivity contribution < 1.29 is 17.9 Å². The van der Waals surface area contributed by atoms with Gasteiger partial charge in [0, 0.05) is 29.4 Å². The summed E-state index contributed by atoms with van der Waals surface area (Å²) in [6.07, 6.45) is -1.23. The van der Waals surface area contributed by atoms with Gasteiger partial charge in [-0.15, -0.1) is 11.8 Å². The molecule has 5 rings (SSSR count). The Kier molecular flexibility index (Phi) is 6.99. The first-order valence-corrected chi connectivity index (χ1v) is 12.4. The SMILES string of the molecule is FC(F)(F)c1ccccc1SCNc1nccnc1-c1ccc(CN2CCOc3ccccc32)cc1. The average molecular weight is 509 g/mol. The van der Waals surface area contributed by atoms with E-state index in [9.17, 15) is 13.2 Å². The molecule has 0 saturated heterocycles. The van der Waals surface area contributed by atoms with Crippen LogP contribution in [0, 0.1) is 0 Å². The van der Waals surface area contributed by atoms with Crippen molar-refractivity contribution in [3.63, 3.8) is 0 Å². The summed E-state index contributed by atoms with van der Waals surface area (Å²) in [4.78, 5) is 11.3. The maximum absolute atomic E-state index is 13.3. The molecule has 0 aliphatic carbocycles. The molecule has 0 fully saturated rings. The van der Waals surface area contributed by atoms with Crippen molar-refractivity contribution in [2.45, 2.75) is 17.6 Å². The molecule has 0 bridgehead atoms. The predicted molar refractivity (Wildman–Crippen MR) is 136 cm³/mol. The lowest BCUT2D eigenvalue weighted by molar-refractivity contribution is -0.139. The molecule has 9 heteroatoms. The van der Waals surface area contributed by atoms with Crippen LogP contribution in [-0.4, -0.2) is 29.0 Å². The number of nitrogens with zero attached hydrogens (tertiary/aromatic N) is 3. The lowest BCUT2D eigenvalue weighted by Crippen LogP contribution is -2.32. The smallest absolute Gasteiger partial charge is 0.417 e. The summed E-state index contributed by atoms with van der Waals surface area (Å²) >= 11 is 1.07. The van der Waals surface area contributed by atoms with Crippen molar-refractivity contribution in [3.8, 4) is 17.0 Å². The Labute approximate surface area is 211 Å². The number of hydrogen-bond acceptors (Lipinski definition) is 6. The first-order valence-electron chi connectivity index (χ1n) is 11.4. The van der Waals surface area contributed by atoms with Crippen molar-refractivity contribution in [3.05, 3.63) is 96.3 Å². The topological polar surface area (TPSA) is 50.3 Å². The maximum atomic E-state index is 13.3. The van der Waals surface area contributed by atoms with Gasteiger partial charge in [-0.1, -0.05) is 48.5 Å². The summed E-state index contributed by atoms with van der Waals surface area (Å²) in [6.45, 7) is 2.21. The fraction of sp³-hybridized carbons (Fsp3) is 0.185. The zero-order valence-corrected chi connectivity index (χ0v) is 20.0. The molecule has 0 saturated carbocycles. The number of thioether (sulfide) groups is 1. The Morgan fingerprint density at radius 3 is 2.50 bits per heavy atom. The Bertz CT molecular complexity index is 1330. The second kappa shape index (κ2) is 10.5. The summed E-state index contributed by atoms with van der Waals surface area (Å²) in [7, 11) is 0. The highest BCUT2D eigenvalue weighted by molar-refractivity contribution is 7.99. The molecule has 0 unspecified atom stereocenters. The molecule has 0 atom stereocenters. The van der Waals surface area contributed by atoms with Gasteiger partial charge in [-0.05, 0) is 29.8 Å². The number of rotatable bonds is 7. The number of fused-ring (bicyclic) bond motifs is 1. The van der Waals surface area contributed by atoms with E-state index in [0.29, 0.717) is 18.1 Å². The lowest BCUT2D eigenvalue weighted by atomic mass is 10.1. The highest BCUT2D eigenvalue weighted by Gasteiger charge is 2.33. The number of alkyl halides is 3. The normalized spacial score (nSPS) is 13.1. The van der Waals surface area contributed by atoms with Crippen LogP contribution in [0.25, 0.3) is 11.3 Å². The first kappa shape index (κ1) is 24.0. The highest BCUT2D eigenvalue weighted by Crippen LogP contribution is 2.37. The number of benzene rings is 3. The molecule has 0 radical (unpaired) electrons. The molecule has 36 heavy (non-hydrogen) atoms. The lowest BCUT2D eigenvalue weighted by Gasteiger charge is -2.31. The van der Waals surface area contributed by atoms with Gasteiger partial charge < -0.3 is 15.0 Å². The third-order valence-electron chi connectivity index (χ3n) is 5.78. The van der Waals surface area contributed by atoms with E-state index in [4.69, 9.17) is 4.74 Å². The second-order valence-electron chi connectivity index (χ2n) is 8.15. The molecule has 0 spiro atoms. The minimum absolute atomic E-state index is 0.164. The summed E-state index contributed by atoms with van der Waals surface area (Å²) in [5, 5.41) is 3.13. The van der Waals surface area contributed by atoms with Crippen LogP contribution >= 0.6 is 11.8 Å². The van der Waals surface area contributed by atoms with Crippen molar-refractivity contribution in [2.75, 3.05) is 29.2 Å². The molecule has 1 N–H and O–H groups in total. The molecule has 5 nitrogen and oxygen atoms in total. The van der Waals surface area contributed by atoms with Crippen LogP contribution in [-0.2, 0) is 12.7 Å². The number of nitrogens with one attached hydrogen (secondary N) is 1. The summed E-state index contributed by atoms with van der Waals surface area (Å²) in [5.74, 6) is 1.63. The van der Waals surface area contributed by atoms with Crippen LogP contribution in [0.2, 0.25) is 0 Å². The molecule has 4 aromatic rings. The van der Waals surface area contributed by atoms with E-state index in [-0.39, 0.29) is 10.8 Å². The number of ether oxygens (including phenoxy) is 1. The van der Waals surface area contributed by atoms with Gasteiger partial charge in [0.05, 0.1) is 23.7 Å². The molecular formula is C27H23F3N4OS. The Morgan fingerprint density at radius 2 is 1.67 bits per heavy atom. The Morgan fingerprint density at radius 1 is 0.917 bits per heavy atom. The molecule has 3 aromatic carbocycles. The number of aromatic nitrogens is 2. The zero-order chi connectivity index (χ0) is 25.0. The highest BCUT2D eigenvalue weighted by atomic mass is 32.2. The molecular weight excluding hydrogens is 485 g/mol. The van der Waals surface area contributed by atoms with Crippen molar-refractivity contribution in [1.82, 2.24) is 9.97 Å². The van der Waals surface area contributed by atoms with Crippen LogP contribution in [0.4, 0.5) is 24.7 Å². The molecule has 1 aromatic heterocycles. The van der Waals surface area contributed by atoms with Crippen molar-refractivity contribution in [2.24, 2.45) is 0 Å². The molecule has 2 heterocycles. The minimum Gasteiger partial charge on any atom is -0.490 e. The van der Waals surface area contributed by atoms with Crippen LogP contribution in [0.3, 0.4) is 0 Å². The molecule has 1 aliphatic rings. The van der Waals surface area contributed by atoms with Gasteiger partial charge in [0.1, 0.15) is 18.1 Å². The fourth-order valence-electron chi connectivity index (χ4n) is 4.07. The van der Waals surface area contributed by atoms with Crippen LogP contribution in [0.1, 0.15) is 11.1 Å². The molecule has 184 valence electrons. The van der Waals surface area contributed by atoms with Gasteiger partial charge >= 0.3 is 6.18 Å². The third kappa shape index (κ3) is 5.41. The van der Waals surface area contributed by atoms with Crippen LogP contribution in [0.5, 0.6) is 5.75 Å². The summed E-state index contributed by atoms with van der Waals surface area (Å²) < 4.78 is 45.6. The third-order valence-corrected chi connectivity index (χ3v) is 6.74. The number of halogens is 3. The fourth-order valence-corrected chi connectivity index (χ4v) is 4.95. The monoisotopic (exact) mass is 508 g/mol. The van der Waals surface area contributed by atoms with Crippen molar-refractivity contribution in [1.29, 1.82) is 0 Å². The van der Waals surface area contributed by atoms with E-state index in [2.05, 4.69) is 38.4 Å². The van der Waals surface area contributed by atoms with E-state index in [1.54, 1.807) is 18.5 Å². The quantitative estimate of drug-likeness (QED) is 0.221. The first-order chi connectivity index (χ1) is 17.5. The van der Waals surface area contributed by atoms with Crippen LogP contribution in [0.15, 0.2) is 90.1 Å². The van der Waals surface area contributed by atoms with Gasteiger partial charge in [0.15, 0.2) is 5.82 Å². The van der Waals surface area contributed by atoms with E-state index in [1.165, 1.54) is 12.1 Å². The minimum atomic E-state index is -4.40. The van der Waals surface area contributed by atoms with Gasteiger partial charge in [0.2, 0.25) is 0 Å². The largest absolute Gasteiger partial charge is 0.490 e. The van der Waals surface area contributed by atoms with E-state index < -0.39 is 11.7 Å². The molecule has 1 aliphatic heterocycles. The predicted octanol–water partition coefficient (Wildman–Crippen LogP) is 6.72. The number of para-hydroxylation sites is 2. The maximum Gasteiger partial charge on any atom is 0.417 e. The molecule has 0 amide bonds. The Balaban J connectivity index is 1.27.